The highest BCUT2D eigenvalue weighted by molar-refractivity contribution is 6.15. The molecule has 1 aliphatic heterocycles. The number of allylic oxidation sites excluding steroid dienone is 6. The summed E-state index contributed by atoms with van der Waals surface area (Å²) in [5.74, 6) is -0.0137. The fraction of sp³-hybridized carbons (Fsp3) is 0.250. The molecule has 3 nitrogen and oxygen atoms in total. The van der Waals surface area contributed by atoms with E-state index in [9.17, 15) is 4.79 Å². The van der Waals surface area contributed by atoms with Gasteiger partial charge in [-0.15, -0.1) is 0 Å². The minimum absolute atomic E-state index is 0.0137. The number of aromatic nitrogens is 1. The first kappa shape index (κ1) is 17.5. The average Bonchev–Trinajstić information content (AvgIpc) is 2.84. The normalized spacial score (nSPS) is 20.7. The van der Waals surface area contributed by atoms with Gasteiger partial charge in [0.25, 0.3) is 0 Å². The van der Waals surface area contributed by atoms with Gasteiger partial charge in [-0.3, -0.25) is 9.78 Å². The molecule has 0 radical (unpaired) electrons. The maximum absolute atomic E-state index is 12.9. The Bertz CT molecular complexity index is 1050. The van der Waals surface area contributed by atoms with Crippen LogP contribution >= 0.6 is 0 Å². The molecule has 1 aromatic heterocycles. The number of hydrogen-bond acceptors (Lipinski definition) is 3. The number of carbonyl (C=O) groups excluding carboxylic acids is 1. The Morgan fingerprint density at radius 2 is 1.85 bits per heavy atom. The van der Waals surface area contributed by atoms with Gasteiger partial charge in [-0.05, 0) is 54.8 Å². The molecule has 3 heteroatoms. The Hall–Kier alpha value is -2.94. The van der Waals surface area contributed by atoms with Crippen molar-refractivity contribution in [2.75, 3.05) is 11.9 Å². The van der Waals surface area contributed by atoms with Crippen molar-refractivity contribution >= 4 is 17.0 Å². The molecule has 0 atom stereocenters. The molecule has 27 heavy (non-hydrogen) atoms. The number of likely N-dealkylation sites (N-methyl/N-ethyl adjacent to an activating group) is 1. The van der Waals surface area contributed by atoms with Crippen LogP contribution in [0.2, 0.25) is 0 Å². The van der Waals surface area contributed by atoms with Gasteiger partial charge < -0.3 is 4.90 Å². The van der Waals surface area contributed by atoms with Gasteiger partial charge in [-0.25, -0.2) is 0 Å². The van der Waals surface area contributed by atoms with E-state index in [1.165, 1.54) is 22.5 Å². The second-order valence-corrected chi connectivity index (χ2v) is 7.89. The topological polar surface area (TPSA) is 33.2 Å². The molecule has 0 bridgehead atoms. The highest BCUT2D eigenvalue weighted by Crippen LogP contribution is 2.48. The number of nitrogens with zero attached hydrogens (tertiary/aromatic N) is 2. The Labute approximate surface area is 160 Å². The first-order chi connectivity index (χ1) is 12.8. The molecular weight excluding hydrogens is 332 g/mol. The van der Waals surface area contributed by atoms with E-state index < -0.39 is 0 Å². The Kier molecular flexibility index (Phi) is 3.92. The van der Waals surface area contributed by atoms with Gasteiger partial charge in [-0.2, -0.15) is 0 Å². The van der Waals surface area contributed by atoms with E-state index in [1.54, 1.807) is 6.20 Å². The van der Waals surface area contributed by atoms with Crippen molar-refractivity contribution in [1.29, 1.82) is 0 Å². The maximum Gasteiger partial charge on any atom is 0.211 e. The van der Waals surface area contributed by atoms with Crippen LogP contribution in [0.5, 0.6) is 0 Å². The van der Waals surface area contributed by atoms with Gasteiger partial charge >= 0.3 is 0 Å². The number of Topliss-reactive ketones (excluding diaryl/α,β-unsaturated/α-hetero) is 1. The van der Waals surface area contributed by atoms with Crippen LogP contribution < -0.4 is 4.90 Å². The number of pyridine rings is 1. The molecule has 2 heterocycles. The maximum atomic E-state index is 12.9. The number of ketones is 1. The van der Waals surface area contributed by atoms with Crippen LogP contribution in [0.25, 0.3) is 5.57 Å². The van der Waals surface area contributed by atoms with Gasteiger partial charge in [0, 0.05) is 41.2 Å². The quantitative estimate of drug-likeness (QED) is 0.656. The standard InChI is InChI=1S/C24H24N2O/c1-15-8-6-10-19-22(15)26(5)20(24(19,3)4)12-11-17-14-16(2)18-9-7-13-25-21(18)23(17)27/h6-14H,1-5H3. The fourth-order valence-electron chi connectivity index (χ4n) is 4.32. The van der Waals surface area contributed by atoms with Crippen molar-refractivity contribution in [2.24, 2.45) is 0 Å². The van der Waals surface area contributed by atoms with Crippen LogP contribution in [-0.2, 0) is 5.41 Å². The smallest absolute Gasteiger partial charge is 0.211 e. The molecule has 2 aliphatic rings. The molecule has 1 aliphatic carbocycles. The van der Waals surface area contributed by atoms with Gasteiger partial charge in [0.15, 0.2) is 0 Å². The summed E-state index contributed by atoms with van der Waals surface area (Å²) in [6.07, 6.45) is 7.67. The molecule has 1 aromatic carbocycles. The summed E-state index contributed by atoms with van der Waals surface area (Å²) in [6.45, 7) is 8.64. The minimum atomic E-state index is -0.111. The fourth-order valence-corrected chi connectivity index (χ4v) is 4.32. The lowest BCUT2D eigenvalue weighted by Crippen LogP contribution is -2.23. The molecule has 136 valence electrons. The molecular formula is C24H24N2O. The summed E-state index contributed by atoms with van der Waals surface area (Å²) in [5.41, 5.74) is 8.15. The highest BCUT2D eigenvalue weighted by atomic mass is 16.1. The van der Waals surface area contributed by atoms with E-state index in [-0.39, 0.29) is 11.2 Å². The number of para-hydroxylation sites is 1. The number of anilines is 1. The number of fused-ring (bicyclic) bond motifs is 2. The lowest BCUT2D eigenvalue weighted by atomic mass is 9.83. The zero-order valence-electron chi connectivity index (χ0n) is 16.5. The van der Waals surface area contributed by atoms with Crippen molar-refractivity contribution < 1.29 is 4.79 Å². The Balaban J connectivity index is 1.79. The van der Waals surface area contributed by atoms with E-state index in [2.05, 4.69) is 62.0 Å². The van der Waals surface area contributed by atoms with Crippen molar-refractivity contribution in [3.05, 3.63) is 88.4 Å². The second-order valence-electron chi connectivity index (χ2n) is 7.89. The molecule has 0 saturated heterocycles. The van der Waals surface area contributed by atoms with Crippen LogP contribution in [-0.4, -0.2) is 17.8 Å². The summed E-state index contributed by atoms with van der Waals surface area (Å²) in [4.78, 5) is 19.4. The number of benzene rings is 1. The monoisotopic (exact) mass is 356 g/mol. The molecule has 2 aromatic rings. The third-order valence-corrected chi connectivity index (χ3v) is 5.75. The summed E-state index contributed by atoms with van der Waals surface area (Å²) >= 11 is 0. The third kappa shape index (κ3) is 2.57. The van der Waals surface area contributed by atoms with Crippen LogP contribution in [0.1, 0.15) is 48.0 Å². The van der Waals surface area contributed by atoms with Crippen molar-refractivity contribution in [2.45, 2.75) is 33.1 Å². The largest absolute Gasteiger partial charge is 0.347 e. The summed E-state index contributed by atoms with van der Waals surface area (Å²) in [7, 11) is 2.10. The highest BCUT2D eigenvalue weighted by Gasteiger charge is 2.38. The predicted molar refractivity (Wildman–Crippen MR) is 111 cm³/mol. The van der Waals surface area contributed by atoms with Gasteiger partial charge in [0.05, 0.1) is 0 Å². The van der Waals surface area contributed by atoms with E-state index >= 15 is 0 Å². The van der Waals surface area contributed by atoms with Crippen molar-refractivity contribution in [1.82, 2.24) is 4.98 Å². The number of aryl methyl sites for hydroxylation is 1. The number of hydrogen-bond donors (Lipinski definition) is 0. The van der Waals surface area contributed by atoms with E-state index in [4.69, 9.17) is 0 Å². The van der Waals surface area contributed by atoms with Crippen molar-refractivity contribution in [3.8, 4) is 0 Å². The lowest BCUT2D eigenvalue weighted by Gasteiger charge is -2.24. The van der Waals surface area contributed by atoms with Crippen LogP contribution in [0.3, 0.4) is 0 Å². The summed E-state index contributed by atoms with van der Waals surface area (Å²) in [6, 6.07) is 10.3. The Morgan fingerprint density at radius 3 is 2.59 bits per heavy atom. The first-order valence-electron chi connectivity index (χ1n) is 9.27. The molecule has 0 unspecified atom stereocenters. The summed E-state index contributed by atoms with van der Waals surface area (Å²) < 4.78 is 0. The lowest BCUT2D eigenvalue weighted by molar-refractivity contribution is 0.103. The van der Waals surface area contributed by atoms with E-state index in [1.807, 2.05) is 31.2 Å². The van der Waals surface area contributed by atoms with Crippen LogP contribution in [0.15, 0.2) is 66.0 Å². The minimum Gasteiger partial charge on any atom is -0.347 e. The summed E-state index contributed by atoms with van der Waals surface area (Å²) in [5, 5.41) is 0. The number of rotatable bonds is 1. The number of carbonyl (C=O) groups is 1. The predicted octanol–water partition coefficient (Wildman–Crippen LogP) is 5.23. The van der Waals surface area contributed by atoms with Gasteiger partial charge in [0.1, 0.15) is 5.69 Å². The zero-order valence-corrected chi connectivity index (χ0v) is 16.5. The van der Waals surface area contributed by atoms with Crippen LogP contribution in [0, 0.1) is 6.92 Å². The first-order valence-corrected chi connectivity index (χ1v) is 9.27. The SMILES string of the molecule is CC1=CC(=CC=C2N(C)c3c(C)cccc3C2(C)C)C(=O)c2ncccc21. The molecule has 0 saturated carbocycles. The molecule has 0 fully saturated rings. The average molecular weight is 356 g/mol. The van der Waals surface area contributed by atoms with Gasteiger partial charge in [0.2, 0.25) is 5.78 Å². The second kappa shape index (κ2) is 6.05. The van der Waals surface area contributed by atoms with Gasteiger partial charge in [-0.1, -0.05) is 38.1 Å². The Morgan fingerprint density at radius 1 is 1.07 bits per heavy atom. The van der Waals surface area contributed by atoms with Crippen molar-refractivity contribution in [3.63, 3.8) is 0 Å². The molecule has 0 N–H and O–H groups in total. The molecule has 0 spiro atoms. The molecule has 0 amide bonds. The van der Waals surface area contributed by atoms with E-state index in [0.29, 0.717) is 11.3 Å². The van der Waals surface area contributed by atoms with Crippen LogP contribution in [0.4, 0.5) is 5.69 Å². The third-order valence-electron chi connectivity index (χ3n) is 5.75. The van der Waals surface area contributed by atoms with E-state index in [0.717, 1.165) is 11.1 Å². The zero-order chi connectivity index (χ0) is 19.3. The molecule has 4 rings (SSSR count).